The summed E-state index contributed by atoms with van der Waals surface area (Å²) in [5, 5.41) is 3.28. The first-order valence-corrected chi connectivity index (χ1v) is 4.87. The Labute approximate surface area is 96.2 Å². The van der Waals surface area contributed by atoms with Crippen LogP contribution in [0.25, 0.3) is 0 Å². The Morgan fingerprint density at radius 1 is 1.47 bits per heavy atom. The predicted molar refractivity (Wildman–Crippen MR) is 61.7 cm³/mol. The van der Waals surface area contributed by atoms with Gasteiger partial charge in [-0.2, -0.15) is 0 Å². The first-order valence-electron chi connectivity index (χ1n) is 4.87. The van der Waals surface area contributed by atoms with Crippen LogP contribution in [-0.4, -0.2) is 26.5 Å². The van der Waals surface area contributed by atoms with Crippen LogP contribution < -0.4 is 10.1 Å². The highest BCUT2D eigenvalue weighted by Crippen LogP contribution is 2.19. The van der Waals surface area contributed by atoms with Crippen molar-refractivity contribution in [3.05, 3.63) is 29.8 Å². The molecule has 1 aliphatic heterocycles. The second-order valence-corrected chi connectivity index (χ2v) is 3.33. The van der Waals surface area contributed by atoms with Gasteiger partial charge in [0, 0.05) is 13.0 Å². The summed E-state index contributed by atoms with van der Waals surface area (Å²) < 4.78 is 10.8. The molecular weight excluding hydrogens is 214 g/mol. The molecule has 0 bridgehead atoms. The molecule has 84 valence electrons. The van der Waals surface area contributed by atoms with E-state index >= 15 is 0 Å². The Kier molecular flexibility index (Phi) is 4.88. The van der Waals surface area contributed by atoms with Crippen molar-refractivity contribution in [3.63, 3.8) is 0 Å². The minimum absolute atomic E-state index is 0. The molecule has 0 saturated carbocycles. The van der Waals surface area contributed by atoms with E-state index in [1.54, 1.807) is 7.11 Å². The highest BCUT2D eigenvalue weighted by atomic mass is 35.5. The standard InChI is InChI=1S/C11H15NO2.ClH/c1-13-10-5-3-2-4-9(10)8-11-12-6-7-14-11;/h2-5,11-12H,6-8H2,1H3;1H. The van der Waals surface area contributed by atoms with Crippen LogP contribution in [0.15, 0.2) is 24.3 Å². The molecule has 15 heavy (non-hydrogen) atoms. The number of para-hydroxylation sites is 1. The molecule has 1 unspecified atom stereocenters. The average molecular weight is 230 g/mol. The van der Waals surface area contributed by atoms with Crippen LogP contribution in [-0.2, 0) is 11.2 Å². The van der Waals surface area contributed by atoms with E-state index in [0.29, 0.717) is 0 Å². The van der Waals surface area contributed by atoms with Gasteiger partial charge in [-0.3, -0.25) is 5.32 Å². The van der Waals surface area contributed by atoms with Gasteiger partial charge >= 0.3 is 0 Å². The largest absolute Gasteiger partial charge is 0.496 e. The number of halogens is 1. The minimum Gasteiger partial charge on any atom is -0.496 e. The van der Waals surface area contributed by atoms with E-state index < -0.39 is 0 Å². The van der Waals surface area contributed by atoms with Crippen LogP contribution in [0.4, 0.5) is 0 Å². The summed E-state index contributed by atoms with van der Waals surface area (Å²) in [5.74, 6) is 0.935. The number of hydrogen-bond donors (Lipinski definition) is 1. The third-order valence-corrected chi connectivity index (χ3v) is 2.39. The maximum Gasteiger partial charge on any atom is 0.122 e. The molecule has 1 fully saturated rings. The molecule has 4 heteroatoms. The molecule has 1 aliphatic rings. The van der Waals surface area contributed by atoms with Gasteiger partial charge in [0.25, 0.3) is 0 Å². The van der Waals surface area contributed by atoms with E-state index in [0.717, 1.165) is 25.3 Å². The van der Waals surface area contributed by atoms with Crippen molar-refractivity contribution in [2.75, 3.05) is 20.3 Å². The second kappa shape index (κ2) is 5.95. The molecule has 3 nitrogen and oxygen atoms in total. The van der Waals surface area contributed by atoms with Gasteiger partial charge in [-0.15, -0.1) is 12.4 Å². The van der Waals surface area contributed by atoms with E-state index in [4.69, 9.17) is 9.47 Å². The fourth-order valence-corrected chi connectivity index (χ4v) is 1.68. The number of methoxy groups -OCH3 is 1. The van der Waals surface area contributed by atoms with E-state index in [1.807, 2.05) is 18.2 Å². The van der Waals surface area contributed by atoms with Crippen molar-refractivity contribution in [1.29, 1.82) is 0 Å². The summed E-state index contributed by atoms with van der Waals surface area (Å²) in [5.41, 5.74) is 1.19. The van der Waals surface area contributed by atoms with E-state index in [2.05, 4.69) is 11.4 Å². The van der Waals surface area contributed by atoms with Crippen molar-refractivity contribution in [1.82, 2.24) is 5.32 Å². The zero-order valence-electron chi connectivity index (χ0n) is 8.73. The molecule has 0 spiro atoms. The normalized spacial score (nSPS) is 19.7. The molecule has 1 N–H and O–H groups in total. The van der Waals surface area contributed by atoms with Gasteiger partial charge in [0.1, 0.15) is 12.0 Å². The van der Waals surface area contributed by atoms with Crippen LogP contribution in [0.5, 0.6) is 5.75 Å². The van der Waals surface area contributed by atoms with Crippen LogP contribution in [0.1, 0.15) is 5.56 Å². The maximum absolute atomic E-state index is 5.49. The summed E-state index contributed by atoms with van der Waals surface area (Å²) in [4.78, 5) is 0. The SMILES string of the molecule is COc1ccccc1CC1NCCO1.Cl. The lowest BCUT2D eigenvalue weighted by Gasteiger charge is -2.12. The zero-order chi connectivity index (χ0) is 9.80. The predicted octanol–water partition coefficient (Wildman–Crippen LogP) is 1.61. The smallest absolute Gasteiger partial charge is 0.122 e. The number of rotatable bonds is 3. The number of hydrogen-bond acceptors (Lipinski definition) is 3. The van der Waals surface area contributed by atoms with Gasteiger partial charge in [-0.25, -0.2) is 0 Å². The lowest BCUT2D eigenvalue weighted by atomic mass is 10.1. The van der Waals surface area contributed by atoms with Gasteiger partial charge in [-0.05, 0) is 11.6 Å². The van der Waals surface area contributed by atoms with Gasteiger partial charge in [0.2, 0.25) is 0 Å². The summed E-state index contributed by atoms with van der Waals surface area (Å²) in [6.07, 6.45) is 1.01. The van der Waals surface area contributed by atoms with Crippen molar-refractivity contribution in [2.45, 2.75) is 12.6 Å². The molecule has 1 aromatic carbocycles. The summed E-state index contributed by atoms with van der Waals surface area (Å²) in [7, 11) is 1.70. The Morgan fingerprint density at radius 2 is 2.27 bits per heavy atom. The Bertz CT molecular complexity index is 300. The third-order valence-electron chi connectivity index (χ3n) is 2.39. The quantitative estimate of drug-likeness (QED) is 0.854. The van der Waals surface area contributed by atoms with Gasteiger partial charge in [-0.1, -0.05) is 18.2 Å². The number of nitrogens with one attached hydrogen (secondary N) is 1. The minimum atomic E-state index is 0. The van der Waals surface area contributed by atoms with Crippen molar-refractivity contribution < 1.29 is 9.47 Å². The van der Waals surface area contributed by atoms with Gasteiger partial charge in [0.05, 0.1) is 13.7 Å². The van der Waals surface area contributed by atoms with Crippen molar-refractivity contribution in [3.8, 4) is 5.75 Å². The van der Waals surface area contributed by atoms with E-state index in [9.17, 15) is 0 Å². The van der Waals surface area contributed by atoms with Crippen LogP contribution in [0.3, 0.4) is 0 Å². The summed E-state index contributed by atoms with van der Waals surface area (Å²) in [6, 6.07) is 8.05. The summed E-state index contributed by atoms with van der Waals surface area (Å²) >= 11 is 0. The summed E-state index contributed by atoms with van der Waals surface area (Å²) in [6.45, 7) is 1.75. The molecule has 0 aliphatic carbocycles. The molecule has 2 rings (SSSR count). The third kappa shape index (κ3) is 3.09. The zero-order valence-corrected chi connectivity index (χ0v) is 9.55. The van der Waals surface area contributed by atoms with E-state index in [1.165, 1.54) is 5.56 Å². The first kappa shape index (κ1) is 12.3. The highest BCUT2D eigenvalue weighted by molar-refractivity contribution is 5.85. The molecule has 1 atom stereocenters. The Hall–Kier alpha value is -0.770. The first-order chi connectivity index (χ1) is 6.90. The fraction of sp³-hybridized carbons (Fsp3) is 0.455. The molecule has 0 radical (unpaired) electrons. The second-order valence-electron chi connectivity index (χ2n) is 3.33. The maximum atomic E-state index is 5.49. The fourth-order valence-electron chi connectivity index (χ4n) is 1.68. The molecule has 1 aromatic rings. The Balaban J connectivity index is 0.00000112. The van der Waals surface area contributed by atoms with Crippen LogP contribution >= 0.6 is 12.4 Å². The molecule has 1 heterocycles. The van der Waals surface area contributed by atoms with Crippen molar-refractivity contribution >= 4 is 12.4 Å². The molecule has 0 amide bonds. The topological polar surface area (TPSA) is 30.5 Å². The lowest BCUT2D eigenvalue weighted by Crippen LogP contribution is -2.25. The molecule has 1 saturated heterocycles. The van der Waals surface area contributed by atoms with Crippen LogP contribution in [0, 0.1) is 0 Å². The van der Waals surface area contributed by atoms with Crippen molar-refractivity contribution in [2.24, 2.45) is 0 Å². The average Bonchev–Trinajstić information content (AvgIpc) is 2.71. The molecule has 0 aromatic heterocycles. The Morgan fingerprint density at radius 3 is 2.93 bits per heavy atom. The highest BCUT2D eigenvalue weighted by Gasteiger charge is 2.16. The monoisotopic (exact) mass is 229 g/mol. The number of ether oxygens (including phenoxy) is 2. The van der Waals surface area contributed by atoms with Gasteiger partial charge < -0.3 is 9.47 Å². The van der Waals surface area contributed by atoms with Gasteiger partial charge in [0.15, 0.2) is 0 Å². The number of benzene rings is 1. The molecular formula is C11H16ClNO2. The van der Waals surface area contributed by atoms with Crippen LogP contribution in [0.2, 0.25) is 0 Å². The lowest BCUT2D eigenvalue weighted by molar-refractivity contribution is 0.101. The van der Waals surface area contributed by atoms with E-state index in [-0.39, 0.29) is 18.6 Å².